The van der Waals surface area contributed by atoms with Crippen molar-refractivity contribution in [3.8, 4) is 0 Å². The Bertz CT molecular complexity index is 1120. The lowest BCUT2D eigenvalue weighted by Crippen LogP contribution is -2.30. The van der Waals surface area contributed by atoms with E-state index in [9.17, 15) is 13.2 Å². The van der Waals surface area contributed by atoms with Crippen LogP contribution >= 0.6 is 15.9 Å². The molecule has 1 unspecified atom stereocenters. The van der Waals surface area contributed by atoms with E-state index in [4.69, 9.17) is 5.14 Å². The fourth-order valence-corrected chi connectivity index (χ4v) is 4.19. The highest BCUT2D eigenvalue weighted by molar-refractivity contribution is 9.10. The Morgan fingerprint density at radius 3 is 2.63 bits per heavy atom. The number of carbonyl (C=O) groups excluding carboxylic acids is 1. The van der Waals surface area contributed by atoms with Crippen LogP contribution in [0.15, 0.2) is 57.9 Å². The van der Waals surface area contributed by atoms with Gasteiger partial charge >= 0.3 is 0 Å². The van der Waals surface area contributed by atoms with Crippen molar-refractivity contribution in [3.05, 3.63) is 64.3 Å². The van der Waals surface area contributed by atoms with E-state index in [1.807, 2.05) is 35.8 Å². The number of halogens is 1. The van der Waals surface area contributed by atoms with E-state index < -0.39 is 10.0 Å². The van der Waals surface area contributed by atoms with E-state index >= 15 is 0 Å². The maximum Gasteiger partial charge on any atom is 0.240 e. The van der Waals surface area contributed by atoms with Gasteiger partial charge in [-0.3, -0.25) is 4.79 Å². The molecule has 0 bridgehead atoms. The second-order valence-corrected chi connectivity index (χ2v) is 8.76. The average Bonchev–Trinajstić information content (AvgIpc) is 2.86. The van der Waals surface area contributed by atoms with Gasteiger partial charge < -0.3 is 9.88 Å². The number of primary sulfonamides is 1. The molecule has 0 radical (unpaired) electrons. The molecule has 0 aliphatic rings. The summed E-state index contributed by atoms with van der Waals surface area (Å²) < 4.78 is 26.0. The molecule has 0 aliphatic heterocycles. The van der Waals surface area contributed by atoms with Gasteiger partial charge in [0, 0.05) is 21.1 Å². The molecule has 2 aromatic carbocycles. The van der Waals surface area contributed by atoms with Crippen LogP contribution in [0.25, 0.3) is 10.9 Å². The molecule has 3 rings (SSSR count). The first kappa shape index (κ1) is 19.6. The number of aromatic nitrogens is 1. The second kappa shape index (κ2) is 7.46. The van der Waals surface area contributed by atoms with Gasteiger partial charge in [0.1, 0.15) is 6.54 Å². The van der Waals surface area contributed by atoms with E-state index in [2.05, 4.69) is 21.2 Å². The van der Waals surface area contributed by atoms with Crippen molar-refractivity contribution < 1.29 is 13.2 Å². The number of nitrogens with zero attached hydrogens (tertiary/aromatic N) is 1. The lowest BCUT2D eigenvalue weighted by molar-refractivity contribution is -0.122. The number of nitrogens with two attached hydrogens (primary N) is 1. The van der Waals surface area contributed by atoms with E-state index in [1.54, 1.807) is 19.1 Å². The molecule has 3 aromatic rings. The molecule has 1 amide bonds. The van der Waals surface area contributed by atoms with Gasteiger partial charge in [0.15, 0.2) is 0 Å². The number of carbonyl (C=O) groups is 1. The quantitative estimate of drug-likeness (QED) is 0.625. The molecule has 0 saturated carbocycles. The Kier molecular flexibility index (Phi) is 5.41. The third kappa shape index (κ3) is 4.07. The van der Waals surface area contributed by atoms with Crippen molar-refractivity contribution >= 4 is 42.8 Å². The van der Waals surface area contributed by atoms with Gasteiger partial charge in [0.25, 0.3) is 0 Å². The van der Waals surface area contributed by atoms with E-state index in [-0.39, 0.29) is 23.4 Å². The number of rotatable bonds is 5. The Labute approximate surface area is 166 Å². The van der Waals surface area contributed by atoms with Gasteiger partial charge in [-0.15, -0.1) is 0 Å². The highest BCUT2D eigenvalue weighted by Crippen LogP contribution is 2.30. The van der Waals surface area contributed by atoms with Crippen molar-refractivity contribution in [2.24, 2.45) is 5.14 Å². The molecule has 0 fully saturated rings. The number of sulfonamides is 1. The minimum atomic E-state index is -3.79. The first-order valence-corrected chi connectivity index (χ1v) is 10.7. The van der Waals surface area contributed by atoms with Gasteiger partial charge in [-0.1, -0.05) is 30.3 Å². The first-order chi connectivity index (χ1) is 12.7. The number of para-hydroxylation sites is 1. The minimum Gasteiger partial charge on any atom is -0.348 e. The Hall–Kier alpha value is -2.16. The molecule has 27 heavy (non-hydrogen) atoms. The number of hydrogen-bond acceptors (Lipinski definition) is 3. The topological polar surface area (TPSA) is 94.2 Å². The molecule has 1 aromatic heterocycles. The van der Waals surface area contributed by atoms with Crippen LogP contribution in [0.1, 0.15) is 24.2 Å². The van der Waals surface area contributed by atoms with E-state index in [0.29, 0.717) is 5.56 Å². The molecule has 1 heterocycles. The van der Waals surface area contributed by atoms with E-state index in [1.165, 1.54) is 12.1 Å². The third-order valence-corrected chi connectivity index (χ3v) is 6.43. The summed E-state index contributed by atoms with van der Waals surface area (Å²) in [6.45, 7) is 3.92. The summed E-state index contributed by atoms with van der Waals surface area (Å²) in [5, 5.41) is 9.14. The summed E-state index contributed by atoms with van der Waals surface area (Å²) in [6.07, 6.45) is 0. The fraction of sp³-hybridized carbons (Fsp3) is 0.211. The predicted octanol–water partition coefficient (Wildman–Crippen LogP) is 3.24. The zero-order valence-corrected chi connectivity index (χ0v) is 17.3. The van der Waals surface area contributed by atoms with Crippen molar-refractivity contribution in [3.63, 3.8) is 0 Å². The standard InChI is InChI=1S/C19H20BrN3O3S/c1-12(14-6-5-7-15(10-14)27(21,25)26)22-18(24)11-23-13(2)19(20)16-8-3-4-9-17(16)23/h3-10,12H,11H2,1-2H3,(H,22,24)(H2,21,25,26). The fourth-order valence-electron chi connectivity index (χ4n) is 3.07. The molecule has 8 heteroatoms. The van der Waals surface area contributed by atoms with Gasteiger partial charge in [-0.25, -0.2) is 13.6 Å². The number of amides is 1. The smallest absolute Gasteiger partial charge is 0.240 e. The van der Waals surface area contributed by atoms with Gasteiger partial charge in [0.2, 0.25) is 15.9 Å². The molecule has 1 atom stereocenters. The summed E-state index contributed by atoms with van der Waals surface area (Å²) in [6, 6.07) is 13.8. The highest BCUT2D eigenvalue weighted by atomic mass is 79.9. The summed E-state index contributed by atoms with van der Waals surface area (Å²) in [5.41, 5.74) is 2.61. The summed E-state index contributed by atoms with van der Waals surface area (Å²) >= 11 is 3.58. The summed E-state index contributed by atoms with van der Waals surface area (Å²) in [7, 11) is -3.79. The van der Waals surface area contributed by atoms with Crippen LogP contribution in [0.5, 0.6) is 0 Å². The van der Waals surface area contributed by atoms with Crippen LogP contribution in [0.3, 0.4) is 0 Å². The Morgan fingerprint density at radius 2 is 1.93 bits per heavy atom. The molecular formula is C19H20BrN3O3S. The Morgan fingerprint density at radius 1 is 1.22 bits per heavy atom. The zero-order valence-electron chi connectivity index (χ0n) is 14.9. The molecule has 3 N–H and O–H groups in total. The number of hydrogen-bond donors (Lipinski definition) is 2. The van der Waals surface area contributed by atoms with Gasteiger partial charge in [-0.05, 0) is 53.5 Å². The summed E-state index contributed by atoms with van der Waals surface area (Å²) in [5.74, 6) is -0.167. The third-order valence-electron chi connectivity index (χ3n) is 4.52. The van der Waals surface area contributed by atoms with Crippen molar-refractivity contribution in [1.29, 1.82) is 0 Å². The normalized spacial score (nSPS) is 12.9. The zero-order chi connectivity index (χ0) is 19.8. The van der Waals surface area contributed by atoms with Crippen LogP contribution < -0.4 is 10.5 Å². The highest BCUT2D eigenvalue weighted by Gasteiger charge is 2.17. The minimum absolute atomic E-state index is 0.0253. The Balaban J connectivity index is 1.80. The van der Waals surface area contributed by atoms with Crippen LogP contribution in [-0.4, -0.2) is 18.9 Å². The first-order valence-electron chi connectivity index (χ1n) is 8.34. The van der Waals surface area contributed by atoms with Gasteiger partial charge in [-0.2, -0.15) is 0 Å². The lowest BCUT2D eigenvalue weighted by Gasteiger charge is -2.16. The molecule has 0 spiro atoms. The monoisotopic (exact) mass is 449 g/mol. The number of benzene rings is 2. The average molecular weight is 450 g/mol. The maximum absolute atomic E-state index is 12.6. The van der Waals surface area contributed by atoms with Crippen LogP contribution in [0.4, 0.5) is 0 Å². The maximum atomic E-state index is 12.6. The number of nitrogens with one attached hydrogen (secondary N) is 1. The van der Waals surface area contributed by atoms with Gasteiger partial charge in [0.05, 0.1) is 10.9 Å². The summed E-state index contributed by atoms with van der Waals surface area (Å²) in [4.78, 5) is 12.6. The molecule has 0 saturated heterocycles. The van der Waals surface area contributed by atoms with Crippen molar-refractivity contribution in [1.82, 2.24) is 9.88 Å². The SMILES string of the molecule is Cc1c(Br)c2ccccc2n1CC(=O)NC(C)c1cccc(S(N)(=O)=O)c1. The second-order valence-electron chi connectivity index (χ2n) is 6.41. The number of fused-ring (bicyclic) bond motifs is 1. The van der Waals surface area contributed by atoms with Crippen LogP contribution in [0.2, 0.25) is 0 Å². The van der Waals surface area contributed by atoms with Crippen molar-refractivity contribution in [2.45, 2.75) is 31.3 Å². The molecule has 142 valence electrons. The lowest BCUT2D eigenvalue weighted by atomic mass is 10.1. The molecule has 6 nitrogen and oxygen atoms in total. The molecule has 0 aliphatic carbocycles. The largest absolute Gasteiger partial charge is 0.348 e. The van der Waals surface area contributed by atoms with Crippen LogP contribution in [-0.2, 0) is 21.4 Å². The van der Waals surface area contributed by atoms with Crippen LogP contribution in [0, 0.1) is 6.92 Å². The molecular weight excluding hydrogens is 430 g/mol. The predicted molar refractivity (Wildman–Crippen MR) is 109 cm³/mol. The van der Waals surface area contributed by atoms with Crippen molar-refractivity contribution in [2.75, 3.05) is 0 Å². The van der Waals surface area contributed by atoms with E-state index in [0.717, 1.165) is 21.1 Å².